The van der Waals surface area contributed by atoms with E-state index >= 15 is 0 Å². The van der Waals surface area contributed by atoms with Crippen LogP contribution in [0.15, 0.2) is 24.3 Å². The average Bonchev–Trinajstić information content (AvgIpc) is 2.29. The van der Waals surface area contributed by atoms with Gasteiger partial charge in [-0.05, 0) is 48.0 Å². The van der Waals surface area contributed by atoms with Crippen LogP contribution in [-0.4, -0.2) is 17.2 Å². The van der Waals surface area contributed by atoms with Crippen LogP contribution in [0.2, 0.25) is 0 Å². The lowest BCUT2D eigenvalue weighted by atomic mass is 9.71. The van der Waals surface area contributed by atoms with E-state index in [1.807, 2.05) is 24.3 Å². The first kappa shape index (κ1) is 12.7. The van der Waals surface area contributed by atoms with E-state index in [9.17, 15) is 0 Å². The highest BCUT2D eigenvalue weighted by atomic mass is 16.4. The number of benzene rings is 1. The van der Waals surface area contributed by atoms with Gasteiger partial charge in [0.25, 0.3) is 0 Å². The molecule has 17 heavy (non-hydrogen) atoms. The lowest BCUT2D eigenvalue weighted by Crippen LogP contribution is -2.29. The van der Waals surface area contributed by atoms with Crippen molar-refractivity contribution in [1.82, 2.24) is 0 Å². The van der Waals surface area contributed by atoms with Gasteiger partial charge in [-0.1, -0.05) is 38.1 Å². The van der Waals surface area contributed by atoms with Gasteiger partial charge in [-0.25, -0.2) is 0 Å². The monoisotopic (exact) mass is 232 g/mol. The maximum atomic E-state index is 9.05. The van der Waals surface area contributed by atoms with Crippen LogP contribution in [0, 0.1) is 5.41 Å². The Morgan fingerprint density at radius 2 is 1.59 bits per heavy atom. The molecule has 1 aromatic rings. The van der Waals surface area contributed by atoms with Crippen molar-refractivity contribution in [2.24, 2.45) is 5.41 Å². The van der Waals surface area contributed by atoms with Gasteiger partial charge >= 0.3 is 7.12 Å². The topological polar surface area (TPSA) is 40.5 Å². The smallest absolute Gasteiger partial charge is 0.423 e. The van der Waals surface area contributed by atoms with Gasteiger partial charge in [0.1, 0.15) is 0 Å². The van der Waals surface area contributed by atoms with Gasteiger partial charge in [0.15, 0.2) is 0 Å². The van der Waals surface area contributed by atoms with E-state index in [1.54, 1.807) is 0 Å². The number of rotatable bonds is 2. The Labute approximate surface area is 104 Å². The molecule has 1 aliphatic carbocycles. The van der Waals surface area contributed by atoms with E-state index in [4.69, 9.17) is 10.0 Å². The molecule has 1 aromatic carbocycles. The largest absolute Gasteiger partial charge is 0.488 e. The van der Waals surface area contributed by atoms with Crippen LogP contribution in [0.4, 0.5) is 0 Å². The molecule has 1 fully saturated rings. The van der Waals surface area contributed by atoms with Crippen molar-refractivity contribution < 1.29 is 10.0 Å². The van der Waals surface area contributed by atoms with Gasteiger partial charge in [-0.15, -0.1) is 0 Å². The molecule has 0 aromatic heterocycles. The molecular formula is C14H21BO2. The van der Waals surface area contributed by atoms with Crippen LogP contribution >= 0.6 is 0 Å². The van der Waals surface area contributed by atoms with E-state index in [0.29, 0.717) is 16.8 Å². The second-order valence-electron chi connectivity index (χ2n) is 5.98. The molecule has 0 amide bonds. The highest BCUT2D eigenvalue weighted by Gasteiger charge is 2.27. The Kier molecular flexibility index (Phi) is 3.60. The molecule has 1 aliphatic rings. The van der Waals surface area contributed by atoms with Gasteiger partial charge in [-0.3, -0.25) is 0 Å². The zero-order valence-corrected chi connectivity index (χ0v) is 10.7. The summed E-state index contributed by atoms with van der Waals surface area (Å²) < 4.78 is 0. The first-order valence-electron chi connectivity index (χ1n) is 6.44. The Bertz CT molecular complexity index is 360. The SMILES string of the molecule is CC1(C)CCC(c2ccc(B(O)O)cc2)CC1. The van der Waals surface area contributed by atoms with Crippen molar-refractivity contribution in [3.05, 3.63) is 29.8 Å². The van der Waals surface area contributed by atoms with Crippen molar-refractivity contribution in [3.63, 3.8) is 0 Å². The molecule has 1 saturated carbocycles. The Morgan fingerprint density at radius 1 is 1.06 bits per heavy atom. The fourth-order valence-electron chi connectivity index (χ4n) is 2.67. The Balaban J connectivity index is 2.04. The van der Waals surface area contributed by atoms with Crippen LogP contribution in [0.1, 0.15) is 51.0 Å². The normalized spacial score (nSPS) is 20.2. The highest BCUT2D eigenvalue weighted by Crippen LogP contribution is 2.42. The third kappa shape index (κ3) is 3.11. The molecule has 2 rings (SSSR count). The van der Waals surface area contributed by atoms with Crippen molar-refractivity contribution in [1.29, 1.82) is 0 Å². The van der Waals surface area contributed by atoms with Crippen LogP contribution < -0.4 is 5.46 Å². The molecule has 0 heterocycles. The second kappa shape index (κ2) is 4.83. The predicted octanol–water partition coefficient (Wildman–Crippen LogP) is 2.05. The molecule has 2 N–H and O–H groups in total. The summed E-state index contributed by atoms with van der Waals surface area (Å²) in [4.78, 5) is 0. The summed E-state index contributed by atoms with van der Waals surface area (Å²) in [6, 6.07) is 7.72. The maximum Gasteiger partial charge on any atom is 0.488 e. The molecule has 0 atom stereocenters. The Hall–Kier alpha value is -0.795. The minimum atomic E-state index is -1.35. The number of hydrogen-bond acceptors (Lipinski definition) is 2. The lowest BCUT2D eigenvalue weighted by molar-refractivity contribution is 0.224. The van der Waals surface area contributed by atoms with Crippen molar-refractivity contribution in [3.8, 4) is 0 Å². The molecule has 0 aliphatic heterocycles. The summed E-state index contributed by atoms with van der Waals surface area (Å²) in [7, 11) is -1.35. The third-order valence-corrected chi connectivity index (χ3v) is 4.05. The van der Waals surface area contributed by atoms with E-state index < -0.39 is 7.12 Å². The number of hydrogen-bond donors (Lipinski definition) is 2. The van der Waals surface area contributed by atoms with Gasteiger partial charge in [0, 0.05) is 0 Å². The van der Waals surface area contributed by atoms with Crippen LogP contribution in [0.25, 0.3) is 0 Å². The minimum absolute atomic E-state index is 0.498. The van der Waals surface area contributed by atoms with Crippen molar-refractivity contribution >= 4 is 12.6 Å². The van der Waals surface area contributed by atoms with Crippen LogP contribution in [0.5, 0.6) is 0 Å². The summed E-state index contributed by atoms with van der Waals surface area (Å²) in [5, 5.41) is 18.1. The molecular weight excluding hydrogens is 211 g/mol. The van der Waals surface area contributed by atoms with E-state index in [1.165, 1.54) is 31.2 Å². The standard InChI is InChI=1S/C14H21BO2/c1-14(2)9-7-12(8-10-14)11-3-5-13(6-4-11)15(16)17/h3-6,12,16-17H,7-10H2,1-2H3. The summed E-state index contributed by atoms with van der Waals surface area (Å²) in [6.07, 6.45) is 5.05. The fourth-order valence-corrected chi connectivity index (χ4v) is 2.67. The van der Waals surface area contributed by atoms with Crippen molar-refractivity contribution in [2.75, 3.05) is 0 Å². The maximum absolute atomic E-state index is 9.05. The third-order valence-electron chi connectivity index (χ3n) is 4.05. The molecule has 0 spiro atoms. The molecule has 2 nitrogen and oxygen atoms in total. The van der Waals surface area contributed by atoms with Gasteiger partial charge in [0.2, 0.25) is 0 Å². The van der Waals surface area contributed by atoms with Gasteiger partial charge < -0.3 is 10.0 Å². The van der Waals surface area contributed by atoms with Crippen molar-refractivity contribution in [2.45, 2.75) is 45.4 Å². The molecule has 0 unspecified atom stereocenters. The summed E-state index contributed by atoms with van der Waals surface area (Å²) >= 11 is 0. The fraction of sp³-hybridized carbons (Fsp3) is 0.571. The summed E-state index contributed by atoms with van der Waals surface area (Å²) in [6.45, 7) is 4.68. The van der Waals surface area contributed by atoms with Crippen LogP contribution in [-0.2, 0) is 0 Å². The zero-order valence-electron chi connectivity index (χ0n) is 10.7. The molecule has 92 valence electrons. The predicted molar refractivity (Wildman–Crippen MR) is 71.3 cm³/mol. The Morgan fingerprint density at radius 3 is 2.06 bits per heavy atom. The van der Waals surface area contributed by atoms with Gasteiger partial charge in [-0.2, -0.15) is 0 Å². The van der Waals surface area contributed by atoms with E-state index in [2.05, 4.69) is 13.8 Å². The summed E-state index contributed by atoms with van der Waals surface area (Å²) in [5.41, 5.74) is 2.41. The van der Waals surface area contributed by atoms with Crippen LogP contribution in [0.3, 0.4) is 0 Å². The average molecular weight is 232 g/mol. The van der Waals surface area contributed by atoms with Gasteiger partial charge in [0.05, 0.1) is 0 Å². The zero-order chi connectivity index (χ0) is 12.5. The van der Waals surface area contributed by atoms with E-state index in [0.717, 1.165) is 0 Å². The molecule has 0 radical (unpaired) electrons. The lowest BCUT2D eigenvalue weighted by Gasteiger charge is -2.34. The second-order valence-corrected chi connectivity index (χ2v) is 5.98. The molecule has 0 bridgehead atoms. The first-order valence-corrected chi connectivity index (χ1v) is 6.44. The first-order chi connectivity index (χ1) is 7.98. The quantitative estimate of drug-likeness (QED) is 0.766. The minimum Gasteiger partial charge on any atom is -0.423 e. The summed E-state index contributed by atoms with van der Waals surface area (Å²) in [5.74, 6) is 0.646. The molecule has 3 heteroatoms. The van der Waals surface area contributed by atoms with E-state index in [-0.39, 0.29) is 0 Å². The highest BCUT2D eigenvalue weighted by molar-refractivity contribution is 6.58. The molecule has 0 saturated heterocycles.